The third-order valence-electron chi connectivity index (χ3n) is 6.74. The Balaban J connectivity index is 1.42. The number of hydrogen-bond acceptors (Lipinski definition) is 4. The summed E-state index contributed by atoms with van der Waals surface area (Å²) in [7, 11) is -3.20. The van der Waals surface area contributed by atoms with Crippen LogP contribution in [-0.4, -0.2) is 57.2 Å². The Bertz CT molecular complexity index is 1300. The number of aryl methyl sites for hydroxylation is 2. The molecule has 1 aromatic carbocycles. The van der Waals surface area contributed by atoms with Crippen LogP contribution in [0, 0.1) is 19.8 Å². The van der Waals surface area contributed by atoms with Crippen LogP contribution in [0.15, 0.2) is 42.7 Å². The average Bonchev–Trinajstić information content (AvgIpc) is 3.49. The minimum atomic E-state index is -3.20. The minimum absolute atomic E-state index is 0.0951. The average molecular weight is 468 g/mol. The Morgan fingerprint density at radius 2 is 1.76 bits per heavy atom. The second-order valence-electron chi connectivity index (χ2n) is 9.17. The number of sulfonamides is 1. The van der Waals surface area contributed by atoms with E-state index in [-0.39, 0.29) is 11.8 Å². The summed E-state index contributed by atoms with van der Waals surface area (Å²) < 4.78 is 29.1. The molecule has 9 heteroatoms. The highest BCUT2D eigenvalue weighted by atomic mass is 32.2. The first-order valence-corrected chi connectivity index (χ1v) is 13.1. The van der Waals surface area contributed by atoms with E-state index in [4.69, 9.17) is 5.10 Å². The fraction of sp³-hybridized carbons (Fsp3) is 0.417. The van der Waals surface area contributed by atoms with Crippen molar-refractivity contribution in [1.29, 1.82) is 0 Å². The van der Waals surface area contributed by atoms with Gasteiger partial charge in [0.1, 0.15) is 5.82 Å². The van der Waals surface area contributed by atoms with Gasteiger partial charge in [-0.1, -0.05) is 17.7 Å². The van der Waals surface area contributed by atoms with Crippen LogP contribution in [0.4, 0.5) is 0 Å². The number of rotatable bonds is 4. The van der Waals surface area contributed by atoms with E-state index in [1.807, 2.05) is 34.1 Å². The summed E-state index contributed by atoms with van der Waals surface area (Å²) >= 11 is 0. The van der Waals surface area contributed by atoms with Crippen molar-refractivity contribution in [3.05, 3.63) is 65.1 Å². The number of carbonyl (C=O) groups excluding carboxylic acids is 1. The van der Waals surface area contributed by atoms with Crippen LogP contribution < -0.4 is 0 Å². The summed E-state index contributed by atoms with van der Waals surface area (Å²) in [4.78, 5) is 15.2. The van der Waals surface area contributed by atoms with Gasteiger partial charge in [0.05, 0.1) is 30.7 Å². The standard InChI is InChI=1S/C24H29N5O3S/c1-17-6-7-22(18(2)14-17)29-23(26-10-4-5-11-26)20-15-27(16-21(20)25-29)24(30)19-8-12-28(13-9-19)33(3,31)32/h4-7,10-11,14,19H,8-9,12-13,15-16H2,1-3H3. The van der Waals surface area contributed by atoms with Crippen molar-refractivity contribution < 1.29 is 13.2 Å². The predicted molar refractivity (Wildman–Crippen MR) is 126 cm³/mol. The van der Waals surface area contributed by atoms with Crippen LogP contribution in [0.25, 0.3) is 11.5 Å². The van der Waals surface area contributed by atoms with E-state index in [1.165, 1.54) is 16.1 Å². The molecule has 2 aromatic heterocycles. The molecule has 0 N–H and O–H groups in total. The fourth-order valence-corrected chi connectivity index (χ4v) is 5.88. The number of nitrogens with zero attached hydrogens (tertiary/aromatic N) is 5. The number of benzene rings is 1. The van der Waals surface area contributed by atoms with Gasteiger partial charge in [-0.2, -0.15) is 5.10 Å². The molecule has 1 fully saturated rings. The molecule has 8 nitrogen and oxygen atoms in total. The van der Waals surface area contributed by atoms with Gasteiger partial charge in [0, 0.05) is 37.0 Å². The molecule has 1 amide bonds. The Hall–Kier alpha value is -2.91. The van der Waals surface area contributed by atoms with Crippen molar-refractivity contribution in [1.82, 2.24) is 23.6 Å². The van der Waals surface area contributed by atoms with E-state index in [2.05, 4.69) is 36.6 Å². The summed E-state index contributed by atoms with van der Waals surface area (Å²) in [5.74, 6) is 0.912. The van der Waals surface area contributed by atoms with Crippen molar-refractivity contribution in [3.63, 3.8) is 0 Å². The lowest BCUT2D eigenvalue weighted by atomic mass is 9.96. The predicted octanol–water partition coefficient (Wildman–Crippen LogP) is 2.79. The fourth-order valence-electron chi connectivity index (χ4n) is 5.00. The first kappa shape index (κ1) is 21.9. The van der Waals surface area contributed by atoms with Crippen molar-refractivity contribution in [2.75, 3.05) is 19.3 Å². The Kier molecular flexibility index (Phi) is 5.41. The molecule has 1 saturated heterocycles. The van der Waals surface area contributed by atoms with Gasteiger partial charge in [0.25, 0.3) is 0 Å². The number of piperidine rings is 1. The molecule has 0 aliphatic carbocycles. The van der Waals surface area contributed by atoms with E-state index >= 15 is 0 Å². The Morgan fingerprint density at radius 3 is 2.39 bits per heavy atom. The molecule has 3 aromatic rings. The number of amides is 1. The monoisotopic (exact) mass is 467 g/mol. The van der Waals surface area contributed by atoms with Gasteiger partial charge >= 0.3 is 0 Å². The summed E-state index contributed by atoms with van der Waals surface area (Å²) in [5.41, 5.74) is 5.37. The zero-order valence-electron chi connectivity index (χ0n) is 19.2. The lowest BCUT2D eigenvalue weighted by Gasteiger charge is -2.31. The maximum atomic E-state index is 13.3. The highest BCUT2D eigenvalue weighted by molar-refractivity contribution is 7.88. The normalized spacial score (nSPS) is 17.5. The topological polar surface area (TPSA) is 80.4 Å². The van der Waals surface area contributed by atoms with Gasteiger partial charge in [-0.3, -0.25) is 4.79 Å². The zero-order chi connectivity index (χ0) is 23.3. The molecule has 174 valence electrons. The molecule has 0 saturated carbocycles. The Labute approximate surface area is 194 Å². The molecule has 0 atom stereocenters. The molecule has 5 rings (SSSR count). The minimum Gasteiger partial charge on any atom is -0.332 e. The largest absolute Gasteiger partial charge is 0.332 e. The van der Waals surface area contributed by atoms with Crippen LogP contribution in [0.5, 0.6) is 0 Å². The number of fused-ring (bicyclic) bond motifs is 1. The molecular weight excluding hydrogens is 438 g/mol. The van der Waals surface area contributed by atoms with Crippen LogP contribution >= 0.6 is 0 Å². The molecular formula is C24H29N5O3S. The summed E-state index contributed by atoms with van der Waals surface area (Å²) in [6.45, 7) is 5.97. The first-order chi connectivity index (χ1) is 15.7. The van der Waals surface area contributed by atoms with Gasteiger partial charge in [0.2, 0.25) is 15.9 Å². The van der Waals surface area contributed by atoms with Crippen LogP contribution in [0.2, 0.25) is 0 Å². The third-order valence-corrected chi connectivity index (χ3v) is 8.05. The first-order valence-electron chi connectivity index (χ1n) is 11.3. The number of carbonyl (C=O) groups is 1. The number of hydrogen-bond donors (Lipinski definition) is 0. The zero-order valence-corrected chi connectivity index (χ0v) is 20.0. The van der Waals surface area contributed by atoms with E-state index in [0.717, 1.165) is 28.3 Å². The third kappa shape index (κ3) is 4.00. The van der Waals surface area contributed by atoms with Crippen LogP contribution in [-0.2, 0) is 27.9 Å². The second-order valence-corrected chi connectivity index (χ2v) is 11.2. The molecule has 4 heterocycles. The summed E-state index contributed by atoms with van der Waals surface area (Å²) in [6, 6.07) is 10.3. The smallest absolute Gasteiger partial charge is 0.226 e. The molecule has 0 radical (unpaired) electrons. The van der Waals surface area contributed by atoms with Crippen molar-refractivity contribution in [3.8, 4) is 11.5 Å². The quantitative estimate of drug-likeness (QED) is 0.591. The number of aromatic nitrogens is 3. The van der Waals surface area contributed by atoms with Gasteiger partial charge < -0.3 is 9.47 Å². The van der Waals surface area contributed by atoms with Crippen molar-refractivity contribution in [2.24, 2.45) is 5.92 Å². The highest BCUT2D eigenvalue weighted by Crippen LogP contribution is 2.33. The maximum Gasteiger partial charge on any atom is 0.226 e. The molecule has 2 aliphatic rings. The van der Waals surface area contributed by atoms with Gasteiger partial charge in [-0.05, 0) is 50.5 Å². The maximum absolute atomic E-state index is 13.3. The van der Waals surface area contributed by atoms with Gasteiger partial charge in [0.15, 0.2) is 0 Å². The van der Waals surface area contributed by atoms with E-state index < -0.39 is 10.0 Å². The lowest BCUT2D eigenvalue weighted by Crippen LogP contribution is -2.42. The van der Waals surface area contributed by atoms with Gasteiger partial charge in [-0.25, -0.2) is 17.4 Å². The lowest BCUT2D eigenvalue weighted by molar-refractivity contribution is -0.137. The summed E-state index contributed by atoms with van der Waals surface area (Å²) in [6.07, 6.45) is 6.36. The van der Waals surface area contributed by atoms with E-state index in [0.29, 0.717) is 39.0 Å². The van der Waals surface area contributed by atoms with Crippen LogP contribution in [0.1, 0.15) is 35.2 Å². The Morgan fingerprint density at radius 1 is 1.06 bits per heavy atom. The second kappa shape index (κ2) is 8.14. The van der Waals surface area contributed by atoms with Crippen molar-refractivity contribution in [2.45, 2.75) is 39.8 Å². The molecule has 0 unspecified atom stereocenters. The summed E-state index contributed by atoms with van der Waals surface area (Å²) in [5, 5.41) is 4.94. The highest BCUT2D eigenvalue weighted by Gasteiger charge is 2.36. The molecule has 0 bridgehead atoms. The van der Waals surface area contributed by atoms with Gasteiger partial charge in [-0.15, -0.1) is 0 Å². The molecule has 33 heavy (non-hydrogen) atoms. The molecule has 2 aliphatic heterocycles. The van der Waals surface area contributed by atoms with Crippen LogP contribution in [0.3, 0.4) is 0 Å². The SMILES string of the molecule is Cc1ccc(-n2nc3c(c2-n2cccc2)CN(C(=O)C2CCN(S(C)(=O)=O)CC2)C3)c(C)c1. The molecule has 0 spiro atoms. The van der Waals surface area contributed by atoms with Crippen molar-refractivity contribution >= 4 is 15.9 Å². The van der Waals surface area contributed by atoms with E-state index in [1.54, 1.807) is 0 Å². The van der Waals surface area contributed by atoms with E-state index in [9.17, 15) is 13.2 Å².